The first-order valence-electron chi connectivity index (χ1n) is 9.68. The summed E-state index contributed by atoms with van der Waals surface area (Å²) in [6.07, 6.45) is -0.884. The predicted molar refractivity (Wildman–Crippen MR) is 103 cm³/mol. The average molecular weight is 409 g/mol. The second kappa shape index (κ2) is 8.25. The van der Waals surface area contributed by atoms with Gasteiger partial charge in [0.25, 0.3) is 0 Å². The van der Waals surface area contributed by atoms with E-state index < -0.39 is 29.9 Å². The van der Waals surface area contributed by atoms with E-state index in [2.05, 4.69) is 5.32 Å². The van der Waals surface area contributed by atoms with Gasteiger partial charge < -0.3 is 20.3 Å². The Labute approximate surface area is 169 Å². The SMILES string of the molecule is CC(C)(C)OC(=O)NC(CN1C[C@@H]2C[C@H]1C(O)N2Cc1cccc(F)c1)C(=O)O. The lowest BCUT2D eigenvalue weighted by atomic mass is 10.1. The lowest BCUT2D eigenvalue weighted by Gasteiger charge is -2.39. The highest BCUT2D eigenvalue weighted by atomic mass is 19.1. The van der Waals surface area contributed by atoms with Crippen LogP contribution in [-0.4, -0.2) is 75.1 Å². The molecule has 2 saturated heterocycles. The third-order valence-corrected chi connectivity index (χ3v) is 5.24. The number of aliphatic hydroxyl groups excluding tert-OH is 1. The maximum atomic E-state index is 13.4. The number of amides is 1. The van der Waals surface area contributed by atoms with Gasteiger partial charge in [-0.05, 0) is 44.9 Å². The van der Waals surface area contributed by atoms with Crippen molar-refractivity contribution in [1.29, 1.82) is 0 Å². The number of benzene rings is 1. The summed E-state index contributed by atoms with van der Waals surface area (Å²) >= 11 is 0. The van der Waals surface area contributed by atoms with Crippen LogP contribution in [0, 0.1) is 5.82 Å². The quantitative estimate of drug-likeness (QED) is 0.652. The fourth-order valence-corrected chi connectivity index (χ4v) is 4.04. The zero-order valence-corrected chi connectivity index (χ0v) is 16.8. The molecule has 0 spiro atoms. The summed E-state index contributed by atoms with van der Waals surface area (Å²) in [5, 5.41) is 22.6. The van der Waals surface area contributed by atoms with Crippen molar-refractivity contribution in [2.24, 2.45) is 0 Å². The number of carboxylic acids is 1. The van der Waals surface area contributed by atoms with E-state index in [9.17, 15) is 24.2 Å². The van der Waals surface area contributed by atoms with Crippen molar-refractivity contribution in [3.8, 4) is 0 Å². The van der Waals surface area contributed by atoms with Gasteiger partial charge in [0.1, 0.15) is 23.7 Å². The van der Waals surface area contributed by atoms with Gasteiger partial charge in [0.15, 0.2) is 0 Å². The van der Waals surface area contributed by atoms with Gasteiger partial charge in [-0.1, -0.05) is 12.1 Å². The van der Waals surface area contributed by atoms with Crippen LogP contribution >= 0.6 is 0 Å². The minimum Gasteiger partial charge on any atom is -0.480 e. The minimum absolute atomic E-state index is 0.0363. The molecular formula is C20H28FN3O5. The number of nitrogens with zero attached hydrogens (tertiary/aromatic N) is 2. The zero-order valence-electron chi connectivity index (χ0n) is 16.8. The number of likely N-dealkylation sites (tertiary alicyclic amines) is 2. The molecule has 2 bridgehead atoms. The second-order valence-electron chi connectivity index (χ2n) is 8.66. The average Bonchev–Trinajstić information content (AvgIpc) is 3.12. The molecule has 0 saturated carbocycles. The molecule has 8 nitrogen and oxygen atoms in total. The Balaban J connectivity index is 1.59. The van der Waals surface area contributed by atoms with Crippen molar-refractivity contribution in [3.05, 3.63) is 35.6 Å². The maximum Gasteiger partial charge on any atom is 0.408 e. The van der Waals surface area contributed by atoms with Crippen LogP contribution in [0.4, 0.5) is 9.18 Å². The van der Waals surface area contributed by atoms with E-state index in [0.29, 0.717) is 19.5 Å². The molecule has 4 atom stereocenters. The number of alkyl carbamates (subject to hydrolysis) is 1. The summed E-state index contributed by atoms with van der Waals surface area (Å²) in [5.41, 5.74) is 0.0474. The number of carbonyl (C=O) groups excluding carboxylic acids is 1. The smallest absolute Gasteiger partial charge is 0.408 e. The standard InChI is InChI=1S/C20H28FN3O5/c1-20(2,3)29-19(28)22-15(18(26)27)11-23-10-14-8-16(23)17(25)24(14)9-12-5-4-6-13(21)7-12/h4-7,14-17,25H,8-11H2,1-3H3,(H,22,28)(H,26,27)/t14-,15?,16-,17?/m0/s1. The molecule has 3 rings (SSSR count). The van der Waals surface area contributed by atoms with Crippen molar-refractivity contribution in [3.63, 3.8) is 0 Å². The van der Waals surface area contributed by atoms with Crippen LogP contribution in [0.3, 0.4) is 0 Å². The number of aliphatic carboxylic acids is 1. The Kier molecular flexibility index (Phi) is 6.11. The maximum absolute atomic E-state index is 13.4. The van der Waals surface area contributed by atoms with Crippen LogP contribution < -0.4 is 5.32 Å². The Morgan fingerprint density at radius 3 is 2.69 bits per heavy atom. The summed E-state index contributed by atoms with van der Waals surface area (Å²) < 4.78 is 18.6. The van der Waals surface area contributed by atoms with Gasteiger partial charge in [-0.2, -0.15) is 0 Å². The van der Waals surface area contributed by atoms with E-state index in [-0.39, 0.29) is 24.4 Å². The lowest BCUT2D eigenvalue weighted by molar-refractivity contribution is -0.141. The number of aliphatic hydroxyl groups is 1. The Morgan fingerprint density at radius 1 is 1.38 bits per heavy atom. The third-order valence-electron chi connectivity index (χ3n) is 5.24. The molecule has 0 aliphatic carbocycles. The van der Waals surface area contributed by atoms with Gasteiger partial charge in [0.05, 0.1) is 6.04 Å². The van der Waals surface area contributed by atoms with Gasteiger partial charge in [0, 0.05) is 25.7 Å². The first-order chi connectivity index (χ1) is 13.5. The predicted octanol–water partition coefficient (Wildman–Crippen LogP) is 1.38. The number of halogens is 1. The fraction of sp³-hybridized carbons (Fsp3) is 0.600. The molecule has 29 heavy (non-hydrogen) atoms. The number of rotatable bonds is 6. The molecule has 1 aromatic carbocycles. The molecule has 2 aliphatic rings. The molecule has 160 valence electrons. The molecule has 0 radical (unpaired) electrons. The Morgan fingerprint density at radius 2 is 2.10 bits per heavy atom. The molecule has 2 heterocycles. The summed E-state index contributed by atoms with van der Waals surface area (Å²) in [4.78, 5) is 27.4. The van der Waals surface area contributed by atoms with Gasteiger partial charge in [0.2, 0.25) is 0 Å². The van der Waals surface area contributed by atoms with Crippen LogP contribution in [0.15, 0.2) is 24.3 Å². The first kappa shape index (κ1) is 21.5. The van der Waals surface area contributed by atoms with Crippen molar-refractivity contribution < 1.29 is 28.9 Å². The monoisotopic (exact) mass is 409 g/mol. The first-order valence-corrected chi connectivity index (χ1v) is 9.68. The molecular weight excluding hydrogens is 381 g/mol. The molecule has 3 N–H and O–H groups in total. The third kappa shape index (κ3) is 5.23. The molecule has 1 aromatic rings. The topological polar surface area (TPSA) is 102 Å². The number of hydrogen-bond acceptors (Lipinski definition) is 6. The van der Waals surface area contributed by atoms with Gasteiger partial charge >= 0.3 is 12.1 Å². The van der Waals surface area contributed by atoms with Crippen molar-refractivity contribution in [2.45, 2.75) is 63.7 Å². The second-order valence-corrected chi connectivity index (χ2v) is 8.66. The van der Waals surface area contributed by atoms with E-state index in [1.54, 1.807) is 26.8 Å². The van der Waals surface area contributed by atoms with E-state index in [4.69, 9.17) is 4.74 Å². The summed E-state index contributed by atoms with van der Waals surface area (Å²) in [7, 11) is 0. The lowest BCUT2D eigenvalue weighted by Crippen LogP contribution is -2.57. The van der Waals surface area contributed by atoms with Gasteiger partial charge in [-0.3, -0.25) is 9.80 Å². The largest absolute Gasteiger partial charge is 0.480 e. The van der Waals surface area contributed by atoms with Gasteiger partial charge in [-0.25, -0.2) is 14.0 Å². The normalized spacial score (nSPS) is 25.8. The highest BCUT2D eigenvalue weighted by molar-refractivity contribution is 5.80. The minimum atomic E-state index is -1.16. The van der Waals surface area contributed by atoms with E-state index in [0.717, 1.165) is 5.56 Å². The number of carbonyl (C=O) groups is 2. The number of carboxylic acid groups (broad SMARTS) is 1. The zero-order chi connectivity index (χ0) is 21.3. The highest BCUT2D eigenvalue weighted by Crippen LogP contribution is 2.36. The number of piperazine rings is 1. The summed E-state index contributed by atoms with van der Waals surface area (Å²) in [6, 6.07) is 4.92. The molecule has 9 heteroatoms. The Hall–Kier alpha value is -2.23. The molecule has 2 aliphatic heterocycles. The number of fused-ring (bicyclic) bond motifs is 2. The van der Waals surface area contributed by atoms with Crippen molar-refractivity contribution in [2.75, 3.05) is 13.1 Å². The van der Waals surface area contributed by atoms with Crippen molar-refractivity contribution in [1.82, 2.24) is 15.1 Å². The van der Waals surface area contributed by atoms with Crippen LogP contribution in [0.1, 0.15) is 32.8 Å². The van der Waals surface area contributed by atoms with Crippen LogP contribution in [-0.2, 0) is 16.1 Å². The van der Waals surface area contributed by atoms with Crippen LogP contribution in [0.5, 0.6) is 0 Å². The van der Waals surface area contributed by atoms with Gasteiger partial charge in [-0.15, -0.1) is 0 Å². The number of ether oxygens (including phenoxy) is 1. The van der Waals surface area contributed by atoms with E-state index in [1.165, 1.54) is 12.1 Å². The molecule has 0 aromatic heterocycles. The molecule has 2 fully saturated rings. The number of hydrogen-bond donors (Lipinski definition) is 3. The Bertz CT molecular complexity index is 767. The number of nitrogens with one attached hydrogen (secondary N) is 1. The highest BCUT2D eigenvalue weighted by Gasteiger charge is 2.50. The van der Waals surface area contributed by atoms with Crippen LogP contribution in [0.2, 0.25) is 0 Å². The van der Waals surface area contributed by atoms with E-state index >= 15 is 0 Å². The van der Waals surface area contributed by atoms with Crippen LogP contribution in [0.25, 0.3) is 0 Å². The molecule has 1 amide bonds. The fourth-order valence-electron chi connectivity index (χ4n) is 4.04. The summed E-state index contributed by atoms with van der Waals surface area (Å²) in [6.45, 7) is 6.16. The van der Waals surface area contributed by atoms with Crippen molar-refractivity contribution >= 4 is 12.1 Å². The van der Waals surface area contributed by atoms with E-state index in [1.807, 2.05) is 15.9 Å². The molecule has 2 unspecified atom stereocenters. The summed E-state index contributed by atoms with van der Waals surface area (Å²) in [5.74, 6) is -1.48.